The molecule has 0 saturated carbocycles. The minimum Gasteiger partial charge on any atom is -0.481 e. The Morgan fingerprint density at radius 1 is 1.03 bits per heavy atom. The van der Waals surface area contributed by atoms with Gasteiger partial charge in [-0.25, -0.2) is 4.79 Å². The molecule has 2 amide bonds. The number of fused-ring (bicyclic) bond motifs is 3. The number of alkyl carbamates (subject to hydrolysis) is 1. The third-order valence-corrected chi connectivity index (χ3v) is 5.63. The minimum atomic E-state index is -5.21. The first-order valence-corrected chi connectivity index (χ1v) is 10.3. The third-order valence-electron chi connectivity index (χ3n) is 5.63. The first kappa shape index (κ1) is 25.0. The van der Waals surface area contributed by atoms with Crippen molar-refractivity contribution >= 4 is 18.0 Å². The van der Waals surface area contributed by atoms with Gasteiger partial charge in [0, 0.05) is 12.5 Å². The van der Waals surface area contributed by atoms with Gasteiger partial charge < -0.3 is 20.3 Å². The maximum absolute atomic E-state index is 13.7. The number of amides is 2. The standard InChI is InChI=1S/C23H23F3N2O6/c1-22(23(24,25)26,20(32)27-11-13(29)10-19(30)31)28-21(33)34-12-18-16-8-4-2-6-14(16)15-7-3-5-9-17(15)18/h2-9,13,18,29H,10-12H2,1H3,(H,27,32)(H,28,33)(H,30,31). The van der Waals surface area contributed by atoms with Crippen LogP contribution < -0.4 is 10.6 Å². The van der Waals surface area contributed by atoms with Gasteiger partial charge in [-0.1, -0.05) is 48.5 Å². The number of benzene rings is 2. The van der Waals surface area contributed by atoms with E-state index in [1.54, 1.807) is 5.32 Å². The Kier molecular flexibility index (Phi) is 7.15. The number of carboxylic acid groups (broad SMARTS) is 1. The van der Waals surface area contributed by atoms with Crippen LogP contribution in [0, 0.1) is 0 Å². The van der Waals surface area contributed by atoms with Crippen LogP contribution in [0.4, 0.5) is 18.0 Å². The van der Waals surface area contributed by atoms with E-state index in [1.807, 2.05) is 53.8 Å². The number of aliphatic hydroxyl groups is 1. The van der Waals surface area contributed by atoms with Gasteiger partial charge in [-0.2, -0.15) is 13.2 Å². The van der Waals surface area contributed by atoms with Crippen LogP contribution in [0.25, 0.3) is 11.1 Å². The van der Waals surface area contributed by atoms with Crippen LogP contribution in [-0.2, 0) is 14.3 Å². The van der Waals surface area contributed by atoms with E-state index in [4.69, 9.17) is 9.84 Å². The van der Waals surface area contributed by atoms with Crippen molar-refractivity contribution in [3.8, 4) is 11.1 Å². The highest BCUT2D eigenvalue weighted by Crippen LogP contribution is 2.44. The summed E-state index contributed by atoms with van der Waals surface area (Å²) in [4.78, 5) is 35.2. The summed E-state index contributed by atoms with van der Waals surface area (Å²) in [6, 6.07) is 14.8. The number of nitrogens with one attached hydrogen (secondary N) is 2. The van der Waals surface area contributed by atoms with Crippen LogP contribution in [0.2, 0.25) is 0 Å². The molecular weight excluding hydrogens is 457 g/mol. The van der Waals surface area contributed by atoms with E-state index in [-0.39, 0.29) is 6.61 Å². The highest BCUT2D eigenvalue weighted by Gasteiger charge is 2.58. The summed E-state index contributed by atoms with van der Waals surface area (Å²) < 4.78 is 46.2. The van der Waals surface area contributed by atoms with Gasteiger partial charge in [0.25, 0.3) is 5.91 Å². The number of hydrogen-bond donors (Lipinski definition) is 4. The first-order valence-electron chi connectivity index (χ1n) is 10.3. The molecule has 3 rings (SSSR count). The molecule has 8 nitrogen and oxygen atoms in total. The number of carboxylic acids is 1. The van der Waals surface area contributed by atoms with E-state index in [0.717, 1.165) is 22.3 Å². The van der Waals surface area contributed by atoms with Crippen molar-refractivity contribution < 1.29 is 42.5 Å². The topological polar surface area (TPSA) is 125 Å². The molecule has 0 saturated heterocycles. The van der Waals surface area contributed by atoms with Crippen molar-refractivity contribution in [2.45, 2.75) is 37.1 Å². The predicted molar refractivity (Wildman–Crippen MR) is 114 cm³/mol. The van der Waals surface area contributed by atoms with E-state index in [0.29, 0.717) is 6.92 Å². The summed E-state index contributed by atoms with van der Waals surface area (Å²) in [7, 11) is 0. The van der Waals surface area contributed by atoms with Gasteiger partial charge in [-0.3, -0.25) is 14.9 Å². The quantitative estimate of drug-likeness (QED) is 0.461. The molecule has 2 unspecified atom stereocenters. The number of halogens is 3. The van der Waals surface area contributed by atoms with Crippen LogP contribution >= 0.6 is 0 Å². The summed E-state index contributed by atoms with van der Waals surface area (Å²) in [5, 5.41) is 21.5. The molecular formula is C23H23F3N2O6. The molecule has 11 heteroatoms. The number of hydrogen-bond acceptors (Lipinski definition) is 5. The molecule has 0 aliphatic heterocycles. The zero-order valence-electron chi connectivity index (χ0n) is 18.1. The number of carbonyl (C=O) groups is 3. The Morgan fingerprint density at radius 3 is 2.06 bits per heavy atom. The normalized spacial score (nSPS) is 15.4. The molecule has 1 aliphatic carbocycles. The van der Waals surface area contributed by atoms with Crippen molar-refractivity contribution in [2.24, 2.45) is 0 Å². The molecule has 2 atom stereocenters. The molecule has 2 aromatic carbocycles. The Bertz CT molecular complexity index is 1040. The maximum atomic E-state index is 13.7. The highest BCUT2D eigenvalue weighted by molar-refractivity contribution is 5.90. The summed E-state index contributed by atoms with van der Waals surface area (Å²) >= 11 is 0. The molecule has 1 aliphatic rings. The van der Waals surface area contributed by atoms with Crippen LogP contribution in [0.5, 0.6) is 0 Å². The zero-order valence-corrected chi connectivity index (χ0v) is 18.1. The molecule has 0 spiro atoms. The smallest absolute Gasteiger partial charge is 0.420 e. The summed E-state index contributed by atoms with van der Waals surface area (Å²) in [6.07, 6.45) is -9.04. The Hall–Kier alpha value is -3.60. The summed E-state index contributed by atoms with van der Waals surface area (Å²) in [5.41, 5.74) is 0.219. The monoisotopic (exact) mass is 480 g/mol. The molecule has 4 N–H and O–H groups in total. The van der Waals surface area contributed by atoms with E-state index < -0.39 is 54.7 Å². The Balaban J connectivity index is 1.69. The molecule has 0 bridgehead atoms. The van der Waals surface area contributed by atoms with Gasteiger partial charge in [0.05, 0.1) is 12.5 Å². The largest absolute Gasteiger partial charge is 0.481 e. The van der Waals surface area contributed by atoms with E-state index in [2.05, 4.69) is 0 Å². The van der Waals surface area contributed by atoms with Crippen molar-refractivity contribution in [2.75, 3.05) is 13.2 Å². The average Bonchev–Trinajstić information content (AvgIpc) is 3.08. The fourth-order valence-corrected chi connectivity index (χ4v) is 3.76. The van der Waals surface area contributed by atoms with E-state index in [1.165, 1.54) is 0 Å². The molecule has 0 fully saturated rings. The number of carbonyl (C=O) groups excluding carboxylic acids is 2. The SMILES string of the molecule is CC(NC(=O)OCC1c2ccccc2-c2ccccc21)(C(=O)NCC(O)CC(=O)O)C(F)(F)F. The molecule has 34 heavy (non-hydrogen) atoms. The van der Waals surface area contributed by atoms with Crippen LogP contribution in [0.3, 0.4) is 0 Å². The molecule has 0 heterocycles. The van der Waals surface area contributed by atoms with Crippen molar-refractivity contribution in [1.29, 1.82) is 0 Å². The molecule has 2 aromatic rings. The second-order valence-corrected chi connectivity index (χ2v) is 8.04. The summed E-state index contributed by atoms with van der Waals surface area (Å²) in [5.74, 6) is -3.45. The highest BCUT2D eigenvalue weighted by atomic mass is 19.4. The number of aliphatic carboxylic acids is 1. The van der Waals surface area contributed by atoms with Crippen molar-refractivity contribution in [3.63, 3.8) is 0 Å². The van der Waals surface area contributed by atoms with Gasteiger partial charge >= 0.3 is 18.2 Å². The number of aliphatic hydroxyl groups excluding tert-OH is 1. The van der Waals surface area contributed by atoms with Crippen LogP contribution in [0.1, 0.15) is 30.4 Å². The van der Waals surface area contributed by atoms with Gasteiger partial charge in [0.15, 0.2) is 0 Å². The fourth-order valence-electron chi connectivity index (χ4n) is 3.76. The lowest BCUT2D eigenvalue weighted by Gasteiger charge is -2.31. The third kappa shape index (κ3) is 5.14. The van der Waals surface area contributed by atoms with E-state index in [9.17, 15) is 32.7 Å². The average molecular weight is 480 g/mol. The number of rotatable bonds is 8. The number of ether oxygens (including phenoxy) is 1. The van der Waals surface area contributed by atoms with Gasteiger partial charge in [-0.05, 0) is 29.2 Å². The lowest BCUT2D eigenvalue weighted by Crippen LogP contribution is -2.65. The molecule has 0 aromatic heterocycles. The second kappa shape index (κ2) is 9.72. The minimum absolute atomic E-state index is 0.257. The van der Waals surface area contributed by atoms with Crippen molar-refractivity contribution in [1.82, 2.24) is 10.6 Å². The fraction of sp³-hybridized carbons (Fsp3) is 0.348. The van der Waals surface area contributed by atoms with Gasteiger partial charge in [0.1, 0.15) is 6.61 Å². The number of alkyl halides is 3. The van der Waals surface area contributed by atoms with Gasteiger partial charge in [0.2, 0.25) is 5.54 Å². The molecule has 0 radical (unpaired) electrons. The summed E-state index contributed by atoms with van der Waals surface area (Å²) in [6.45, 7) is -0.552. The Labute approximate surface area is 192 Å². The van der Waals surface area contributed by atoms with Gasteiger partial charge in [-0.15, -0.1) is 0 Å². The lowest BCUT2D eigenvalue weighted by molar-refractivity contribution is -0.194. The second-order valence-electron chi connectivity index (χ2n) is 8.04. The van der Waals surface area contributed by atoms with Crippen molar-refractivity contribution in [3.05, 3.63) is 59.7 Å². The first-order chi connectivity index (χ1) is 15.9. The van der Waals surface area contributed by atoms with E-state index >= 15 is 0 Å². The Morgan fingerprint density at radius 2 is 1.56 bits per heavy atom. The van der Waals surface area contributed by atoms with Crippen LogP contribution in [-0.4, -0.2) is 59.2 Å². The van der Waals surface area contributed by atoms with Crippen LogP contribution in [0.15, 0.2) is 48.5 Å². The maximum Gasteiger partial charge on any atom is 0.420 e. The lowest BCUT2D eigenvalue weighted by atomic mass is 9.98. The zero-order chi connectivity index (χ0) is 25.1. The molecule has 182 valence electrons. The predicted octanol–water partition coefficient (Wildman–Crippen LogP) is 2.80.